The average molecular weight is 223 g/mol. The fourth-order valence-electron chi connectivity index (χ4n) is 1.12. The Balaban J connectivity index is 3.02. The summed E-state index contributed by atoms with van der Waals surface area (Å²) in [4.78, 5) is 15.3. The lowest BCUT2D eigenvalue weighted by Gasteiger charge is -2.07. The number of esters is 1. The van der Waals surface area contributed by atoms with Gasteiger partial charge in [0.25, 0.3) is 0 Å². The predicted octanol–water partition coefficient (Wildman–Crippen LogP) is 0.856. The Morgan fingerprint density at radius 3 is 2.81 bits per heavy atom. The average Bonchev–Trinajstić information content (AvgIpc) is 2.29. The standard InChI is InChI=1S/C11H13NO4/c1-3-16-11(15)7(2)10-9(14)5-4-8(6-13)12-10/h4-5,13-14H,2-3,6H2,1H3. The Morgan fingerprint density at radius 2 is 2.25 bits per heavy atom. The van der Waals surface area contributed by atoms with Crippen LogP contribution in [0.15, 0.2) is 18.7 Å². The molecule has 0 saturated heterocycles. The Hall–Kier alpha value is -1.88. The molecule has 86 valence electrons. The highest BCUT2D eigenvalue weighted by Crippen LogP contribution is 2.23. The van der Waals surface area contributed by atoms with Crippen molar-refractivity contribution in [3.05, 3.63) is 30.1 Å². The van der Waals surface area contributed by atoms with Gasteiger partial charge < -0.3 is 14.9 Å². The smallest absolute Gasteiger partial charge is 0.339 e. The van der Waals surface area contributed by atoms with E-state index in [0.717, 1.165) is 0 Å². The van der Waals surface area contributed by atoms with E-state index in [1.54, 1.807) is 6.92 Å². The van der Waals surface area contributed by atoms with Gasteiger partial charge in [-0.3, -0.25) is 0 Å². The van der Waals surface area contributed by atoms with Gasteiger partial charge in [0.15, 0.2) is 0 Å². The minimum atomic E-state index is -0.639. The lowest BCUT2D eigenvalue weighted by molar-refractivity contribution is -0.136. The SMILES string of the molecule is C=C(C(=O)OCC)c1nc(CO)ccc1O. The van der Waals surface area contributed by atoms with E-state index < -0.39 is 5.97 Å². The zero-order valence-corrected chi connectivity index (χ0v) is 8.93. The van der Waals surface area contributed by atoms with Crippen LogP contribution in [0.25, 0.3) is 5.57 Å². The van der Waals surface area contributed by atoms with Gasteiger partial charge in [0.05, 0.1) is 24.5 Å². The number of hydrogen-bond donors (Lipinski definition) is 2. The van der Waals surface area contributed by atoms with Crippen LogP contribution in [0, 0.1) is 0 Å². The molecule has 0 bridgehead atoms. The molecule has 0 radical (unpaired) electrons. The summed E-state index contributed by atoms with van der Waals surface area (Å²) in [7, 11) is 0. The number of rotatable bonds is 4. The molecule has 0 unspecified atom stereocenters. The van der Waals surface area contributed by atoms with Crippen LogP contribution in [-0.2, 0) is 16.1 Å². The number of hydrogen-bond acceptors (Lipinski definition) is 5. The number of aromatic hydroxyl groups is 1. The van der Waals surface area contributed by atoms with Crippen LogP contribution in [0.5, 0.6) is 5.75 Å². The molecular formula is C11H13NO4. The van der Waals surface area contributed by atoms with Gasteiger partial charge in [-0.25, -0.2) is 9.78 Å². The zero-order chi connectivity index (χ0) is 12.1. The molecule has 0 aromatic carbocycles. The molecule has 5 nitrogen and oxygen atoms in total. The maximum atomic E-state index is 11.4. The van der Waals surface area contributed by atoms with E-state index in [0.29, 0.717) is 5.69 Å². The Bertz CT molecular complexity index is 414. The molecule has 1 aromatic heterocycles. The monoisotopic (exact) mass is 223 g/mol. The van der Waals surface area contributed by atoms with Crippen molar-refractivity contribution in [3.8, 4) is 5.75 Å². The number of pyridine rings is 1. The Labute approximate surface area is 93.0 Å². The van der Waals surface area contributed by atoms with Gasteiger partial charge in [-0.05, 0) is 19.1 Å². The van der Waals surface area contributed by atoms with Crippen LogP contribution >= 0.6 is 0 Å². The summed E-state index contributed by atoms with van der Waals surface area (Å²) >= 11 is 0. The van der Waals surface area contributed by atoms with Crippen molar-refractivity contribution in [1.29, 1.82) is 0 Å². The lowest BCUT2D eigenvalue weighted by atomic mass is 10.1. The topological polar surface area (TPSA) is 79.7 Å². The van der Waals surface area contributed by atoms with Gasteiger partial charge in [-0.15, -0.1) is 0 Å². The van der Waals surface area contributed by atoms with Gasteiger partial charge in [0.2, 0.25) is 0 Å². The number of aliphatic hydroxyl groups is 1. The summed E-state index contributed by atoms with van der Waals surface area (Å²) in [6, 6.07) is 2.80. The highest BCUT2D eigenvalue weighted by molar-refractivity contribution is 6.15. The number of carbonyl (C=O) groups excluding carboxylic acids is 1. The molecule has 1 aromatic rings. The largest absolute Gasteiger partial charge is 0.506 e. The molecule has 0 aliphatic carbocycles. The zero-order valence-electron chi connectivity index (χ0n) is 8.93. The normalized spacial score (nSPS) is 9.88. The molecule has 0 atom stereocenters. The third kappa shape index (κ3) is 2.58. The number of nitrogens with zero attached hydrogens (tertiary/aromatic N) is 1. The van der Waals surface area contributed by atoms with Crippen LogP contribution in [0.4, 0.5) is 0 Å². The van der Waals surface area contributed by atoms with E-state index >= 15 is 0 Å². The van der Waals surface area contributed by atoms with Crippen LogP contribution in [-0.4, -0.2) is 27.8 Å². The predicted molar refractivity (Wildman–Crippen MR) is 57.5 cm³/mol. The first-order chi connectivity index (χ1) is 7.60. The summed E-state index contributed by atoms with van der Waals surface area (Å²) < 4.78 is 4.73. The van der Waals surface area contributed by atoms with Crippen LogP contribution in [0.2, 0.25) is 0 Å². The van der Waals surface area contributed by atoms with Crippen molar-refractivity contribution < 1.29 is 19.7 Å². The van der Waals surface area contributed by atoms with Crippen LogP contribution in [0.3, 0.4) is 0 Å². The third-order valence-corrected chi connectivity index (χ3v) is 1.90. The van der Waals surface area contributed by atoms with Gasteiger partial charge in [-0.1, -0.05) is 6.58 Å². The van der Waals surface area contributed by atoms with E-state index in [-0.39, 0.29) is 30.2 Å². The minimum Gasteiger partial charge on any atom is -0.506 e. The van der Waals surface area contributed by atoms with E-state index in [1.165, 1.54) is 12.1 Å². The second-order valence-electron chi connectivity index (χ2n) is 3.03. The summed E-state index contributed by atoms with van der Waals surface area (Å²) in [5.74, 6) is -0.810. The minimum absolute atomic E-state index is 0.0324. The molecule has 5 heteroatoms. The van der Waals surface area contributed by atoms with Crippen molar-refractivity contribution in [2.45, 2.75) is 13.5 Å². The quantitative estimate of drug-likeness (QED) is 0.584. The number of aliphatic hydroxyl groups excluding tert-OH is 1. The molecule has 1 heterocycles. The fourth-order valence-corrected chi connectivity index (χ4v) is 1.12. The molecule has 0 fully saturated rings. The highest BCUT2D eigenvalue weighted by Gasteiger charge is 2.16. The molecule has 2 N–H and O–H groups in total. The molecule has 0 spiro atoms. The molecule has 0 saturated carbocycles. The number of ether oxygens (including phenoxy) is 1. The molecule has 0 amide bonds. The Morgan fingerprint density at radius 1 is 1.56 bits per heavy atom. The lowest BCUT2D eigenvalue weighted by Crippen LogP contribution is -2.08. The van der Waals surface area contributed by atoms with Crippen molar-refractivity contribution in [3.63, 3.8) is 0 Å². The number of aromatic nitrogens is 1. The highest BCUT2D eigenvalue weighted by atomic mass is 16.5. The molecule has 16 heavy (non-hydrogen) atoms. The van der Waals surface area contributed by atoms with Crippen molar-refractivity contribution >= 4 is 11.5 Å². The molecule has 1 rings (SSSR count). The second kappa shape index (κ2) is 5.27. The van der Waals surface area contributed by atoms with Gasteiger partial charge in [0.1, 0.15) is 11.4 Å². The molecule has 0 aliphatic rings. The van der Waals surface area contributed by atoms with E-state index in [2.05, 4.69) is 11.6 Å². The molecular weight excluding hydrogens is 210 g/mol. The molecule has 0 aliphatic heterocycles. The van der Waals surface area contributed by atoms with E-state index in [4.69, 9.17) is 9.84 Å². The Kier molecular flexibility index (Phi) is 4.02. The number of carbonyl (C=O) groups is 1. The van der Waals surface area contributed by atoms with Gasteiger partial charge in [-0.2, -0.15) is 0 Å². The van der Waals surface area contributed by atoms with Crippen LogP contribution < -0.4 is 0 Å². The van der Waals surface area contributed by atoms with Crippen molar-refractivity contribution in [2.24, 2.45) is 0 Å². The first kappa shape index (κ1) is 12.2. The van der Waals surface area contributed by atoms with Crippen molar-refractivity contribution in [1.82, 2.24) is 4.98 Å². The van der Waals surface area contributed by atoms with Crippen LogP contribution in [0.1, 0.15) is 18.3 Å². The summed E-state index contributed by atoms with van der Waals surface area (Å²) in [5.41, 5.74) is 0.345. The maximum absolute atomic E-state index is 11.4. The second-order valence-corrected chi connectivity index (χ2v) is 3.03. The third-order valence-electron chi connectivity index (χ3n) is 1.90. The van der Waals surface area contributed by atoms with Gasteiger partial charge in [0, 0.05) is 0 Å². The summed E-state index contributed by atoms with van der Waals surface area (Å²) in [5, 5.41) is 18.4. The first-order valence-corrected chi connectivity index (χ1v) is 4.76. The fraction of sp³-hybridized carbons (Fsp3) is 0.273. The van der Waals surface area contributed by atoms with Gasteiger partial charge >= 0.3 is 5.97 Å². The van der Waals surface area contributed by atoms with E-state index in [9.17, 15) is 9.90 Å². The summed E-state index contributed by atoms with van der Waals surface area (Å²) in [6.07, 6.45) is 0. The first-order valence-electron chi connectivity index (χ1n) is 4.76. The van der Waals surface area contributed by atoms with Crippen molar-refractivity contribution in [2.75, 3.05) is 6.61 Å². The maximum Gasteiger partial charge on any atom is 0.339 e. The van der Waals surface area contributed by atoms with E-state index in [1.807, 2.05) is 0 Å². The summed E-state index contributed by atoms with van der Waals surface area (Å²) in [6.45, 7) is 5.12.